The number of ether oxygens (including phenoxy) is 3. The largest absolute Gasteiger partial charge is 0.490 e. The predicted octanol–water partition coefficient (Wildman–Crippen LogP) is 2.01. The van der Waals surface area contributed by atoms with Crippen LogP contribution in [0.1, 0.15) is 12.8 Å². The highest BCUT2D eigenvalue weighted by Gasteiger charge is 2.11. The Bertz CT molecular complexity index is 451. The van der Waals surface area contributed by atoms with Crippen LogP contribution in [0.3, 0.4) is 0 Å². The monoisotopic (exact) mass is 280 g/mol. The fraction of sp³-hybridized carbons (Fsp3) is 0.500. The van der Waals surface area contributed by atoms with Gasteiger partial charge < -0.3 is 24.8 Å². The van der Waals surface area contributed by atoms with Gasteiger partial charge in [0.2, 0.25) is 0 Å². The van der Waals surface area contributed by atoms with Crippen LogP contribution in [-0.4, -0.2) is 39.5 Å². The molecule has 0 bridgehead atoms. The summed E-state index contributed by atoms with van der Waals surface area (Å²) < 4.78 is 16.0. The molecule has 0 aliphatic carbocycles. The van der Waals surface area contributed by atoms with Crippen molar-refractivity contribution in [1.29, 1.82) is 0 Å². The highest BCUT2D eigenvalue weighted by atomic mass is 16.5. The molecule has 0 atom stereocenters. The Balaban J connectivity index is 1.86. The van der Waals surface area contributed by atoms with Crippen molar-refractivity contribution in [3.8, 4) is 11.5 Å². The SMILES string of the molecule is COCCCNC(=O)Nc1ccc2c(c1)OCCCO2. The summed E-state index contributed by atoms with van der Waals surface area (Å²) in [7, 11) is 1.64. The molecular formula is C14H20N2O4. The molecule has 1 aromatic rings. The Labute approximate surface area is 118 Å². The maximum atomic E-state index is 11.7. The van der Waals surface area contributed by atoms with Crippen LogP contribution < -0.4 is 20.1 Å². The van der Waals surface area contributed by atoms with Crippen LogP contribution in [-0.2, 0) is 4.74 Å². The van der Waals surface area contributed by atoms with Gasteiger partial charge in [0.15, 0.2) is 11.5 Å². The average molecular weight is 280 g/mol. The number of carbonyl (C=O) groups is 1. The number of hydrogen-bond donors (Lipinski definition) is 2. The summed E-state index contributed by atoms with van der Waals surface area (Å²) in [6.07, 6.45) is 1.64. The first-order valence-corrected chi connectivity index (χ1v) is 6.73. The smallest absolute Gasteiger partial charge is 0.319 e. The van der Waals surface area contributed by atoms with Crippen LogP contribution in [0, 0.1) is 0 Å². The zero-order chi connectivity index (χ0) is 14.2. The zero-order valence-corrected chi connectivity index (χ0v) is 11.6. The molecule has 110 valence electrons. The third-order valence-corrected chi connectivity index (χ3v) is 2.82. The number of carbonyl (C=O) groups excluding carboxylic acids is 1. The molecule has 2 amide bonds. The van der Waals surface area contributed by atoms with Gasteiger partial charge in [-0.2, -0.15) is 0 Å². The van der Waals surface area contributed by atoms with Gasteiger partial charge in [-0.15, -0.1) is 0 Å². The summed E-state index contributed by atoms with van der Waals surface area (Å²) in [6.45, 7) is 2.48. The number of amides is 2. The number of methoxy groups -OCH3 is 1. The number of anilines is 1. The van der Waals surface area contributed by atoms with E-state index in [-0.39, 0.29) is 6.03 Å². The van der Waals surface area contributed by atoms with Crippen molar-refractivity contribution in [2.45, 2.75) is 12.8 Å². The predicted molar refractivity (Wildman–Crippen MR) is 75.6 cm³/mol. The normalized spacial score (nSPS) is 13.4. The van der Waals surface area contributed by atoms with Crippen LogP contribution in [0.4, 0.5) is 10.5 Å². The van der Waals surface area contributed by atoms with E-state index < -0.39 is 0 Å². The van der Waals surface area contributed by atoms with Crippen molar-refractivity contribution in [3.63, 3.8) is 0 Å². The molecule has 0 saturated heterocycles. The summed E-state index contributed by atoms with van der Waals surface area (Å²) >= 11 is 0. The second-order valence-corrected chi connectivity index (χ2v) is 4.44. The van der Waals surface area contributed by atoms with Crippen LogP contribution in [0.25, 0.3) is 0 Å². The summed E-state index contributed by atoms with van der Waals surface area (Å²) in [6, 6.07) is 5.13. The zero-order valence-electron chi connectivity index (χ0n) is 11.6. The van der Waals surface area contributed by atoms with Crippen LogP contribution in [0.2, 0.25) is 0 Å². The van der Waals surface area contributed by atoms with Crippen molar-refractivity contribution >= 4 is 11.7 Å². The number of hydrogen-bond acceptors (Lipinski definition) is 4. The van der Waals surface area contributed by atoms with Crippen molar-refractivity contribution < 1.29 is 19.0 Å². The van der Waals surface area contributed by atoms with E-state index in [2.05, 4.69) is 10.6 Å². The summed E-state index contributed by atoms with van der Waals surface area (Å²) in [5, 5.41) is 5.52. The van der Waals surface area contributed by atoms with Crippen molar-refractivity contribution in [1.82, 2.24) is 5.32 Å². The van der Waals surface area contributed by atoms with E-state index in [0.717, 1.165) is 12.8 Å². The van der Waals surface area contributed by atoms with E-state index >= 15 is 0 Å². The number of nitrogens with one attached hydrogen (secondary N) is 2. The molecule has 1 aromatic carbocycles. The Morgan fingerprint density at radius 3 is 2.90 bits per heavy atom. The van der Waals surface area contributed by atoms with Crippen LogP contribution >= 0.6 is 0 Å². The third kappa shape index (κ3) is 4.31. The number of benzene rings is 1. The van der Waals surface area contributed by atoms with Gasteiger partial charge in [-0.3, -0.25) is 0 Å². The Morgan fingerprint density at radius 2 is 2.10 bits per heavy atom. The minimum absolute atomic E-state index is 0.240. The molecule has 0 radical (unpaired) electrons. The molecule has 6 nitrogen and oxygen atoms in total. The molecule has 1 aliphatic rings. The van der Waals surface area contributed by atoms with Crippen molar-refractivity contribution in [2.24, 2.45) is 0 Å². The molecular weight excluding hydrogens is 260 g/mol. The molecule has 0 unspecified atom stereocenters. The molecule has 20 heavy (non-hydrogen) atoms. The maximum Gasteiger partial charge on any atom is 0.319 e. The molecule has 1 heterocycles. The molecule has 6 heteroatoms. The fourth-order valence-corrected chi connectivity index (χ4v) is 1.83. The molecule has 0 aromatic heterocycles. The van der Waals surface area contributed by atoms with Gasteiger partial charge in [0.05, 0.1) is 13.2 Å². The second kappa shape index (κ2) is 7.59. The highest BCUT2D eigenvalue weighted by molar-refractivity contribution is 5.89. The molecule has 1 aliphatic heterocycles. The summed E-state index contributed by atoms with van der Waals surface area (Å²) in [5.74, 6) is 1.38. The molecule has 2 rings (SSSR count). The van der Waals surface area contributed by atoms with Gasteiger partial charge in [-0.25, -0.2) is 4.79 Å². The molecule has 0 fully saturated rings. The lowest BCUT2D eigenvalue weighted by atomic mass is 10.3. The third-order valence-electron chi connectivity index (χ3n) is 2.82. The van der Waals surface area contributed by atoms with E-state index in [1.54, 1.807) is 25.3 Å². The van der Waals surface area contributed by atoms with E-state index in [4.69, 9.17) is 14.2 Å². The lowest BCUT2D eigenvalue weighted by Crippen LogP contribution is -2.30. The second-order valence-electron chi connectivity index (χ2n) is 4.44. The van der Waals surface area contributed by atoms with Gasteiger partial charge in [0.25, 0.3) is 0 Å². The lowest BCUT2D eigenvalue weighted by molar-refractivity contribution is 0.194. The number of rotatable bonds is 5. The van der Waals surface area contributed by atoms with E-state index in [9.17, 15) is 4.79 Å². The maximum absolute atomic E-state index is 11.7. The first-order valence-electron chi connectivity index (χ1n) is 6.73. The number of urea groups is 1. The standard InChI is InChI=1S/C14H20N2O4/c1-18-7-2-6-15-14(17)16-11-4-5-12-13(10-11)20-9-3-8-19-12/h4-5,10H,2-3,6-9H2,1H3,(H2,15,16,17). The highest BCUT2D eigenvalue weighted by Crippen LogP contribution is 2.32. The van der Waals surface area contributed by atoms with Gasteiger partial charge in [0.1, 0.15) is 0 Å². The van der Waals surface area contributed by atoms with Crippen molar-refractivity contribution in [2.75, 3.05) is 38.8 Å². The first-order chi connectivity index (χ1) is 9.79. The van der Waals surface area contributed by atoms with Crippen LogP contribution in [0.5, 0.6) is 11.5 Å². The quantitative estimate of drug-likeness (QED) is 0.809. The minimum Gasteiger partial charge on any atom is -0.490 e. The molecule has 0 saturated carbocycles. The van der Waals surface area contributed by atoms with Gasteiger partial charge in [-0.1, -0.05) is 0 Å². The lowest BCUT2D eigenvalue weighted by Gasteiger charge is -2.11. The average Bonchev–Trinajstić information content (AvgIpc) is 2.68. The molecule has 0 spiro atoms. The van der Waals surface area contributed by atoms with Gasteiger partial charge in [-0.05, 0) is 18.6 Å². The number of fused-ring (bicyclic) bond motifs is 1. The Hall–Kier alpha value is -1.95. The van der Waals surface area contributed by atoms with E-state index in [1.807, 2.05) is 0 Å². The summed E-state index contributed by atoms with van der Waals surface area (Å²) in [5.41, 5.74) is 0.679. The Morgan fingerprint density at radius 1 is 1.30 bits per heavy atom. The summed E-state index contributed by atoms with van der Waals surface area (Å²) in [4.78, 5) is 11.7. The first kappa shape index (κ1) is 14.5. The Kier molecular flexibility index (Phi) is 5.49. The van der Waals surface area contributed by atoms with Gasteiger partial charge in [0, 0.05) is 38.4 Å². The topological polar surface area (TPSA) is 68.8 Å². The fourth-order valence-electron chi connectivity index (χ4n) is 1.83. The van der Waals surface area contributed by atoms with Crippen LogP contribution in [0.15, 0.2) is 18.2 Å². The van der Waals surface area contributed by atoms with Crippen molar-refractivity contribution in [3.05, 3.63) is 18.2 Å². The van der Waals surface area contributed by atoms with Gasteiger partial charge >= 0.3 is 6.03 Å². The minimum atomic E-state index is -0.240. The molecule has 2 N–H and O–H groups in total. The van der Waals surface area contributed by atoms with E-state index in [0.29, 0.717) is 43.6 Å². The van der Waals surface area contributed by atoms with E-state index in [1.165, 1.54) is 0 Å².